The van der Waals surface area contributed by atoms with Crippen molar-refractivity contribution in [2.45, 2.75) is 6.92 Å². The van der Waals surface area contributed by atoms with E-state index in [1.807, 2.05) is 0 Å². The van der Waals surface area contributed by atoms with Gasteiger partial charge in [0.1, 0.15) is 0 Å². The van der Waals surface area contributed by atoms with Gasteiger partial charge in [0.15, 0.2) is 4.32 Å². The molecule has 1 aliphatic rings. The molecule has 0 aliphatic carbocycles. The Labute approximate surface area is 164 Å². The summed E-state index contributed by atoms with van der Waals surface area (Å²) in [5, 5.41) is 13.4. The van der Waals surface area contributed by atoms with Gasteiger partial charge in [-0.3, -0.25) is 24.6 Å². The van der Waals surface area contributed by atoms with E-state index in [1.165, 1.54) is 24.0 Å². The first-order chi connectivity index (χ1) is 12.8. The van der Waals surface area contributed by atoms with Crippen LogP contribution in [0.25, 0.3) is 6.08 Å². The largest absolute Gasteiger partial charge is 0.326 e. The zero-order valence-electron chi connectivity index (χ0n) is 14.0. The van der Waals surface area contributed by atoms with E-state index >= 15 is 0 Å². The average molecular weight is 399 g/mol. The minimum absolute atomic E-state index is 0.0149. The van der Waals surface area contributed by atoms with Crippen LogP contribution < -0.4 is 10.2 Å². The molecule has 7 nitrogen and oxygen atoms in total. The number of nitro groups is 1. The lowest BCUT2D eigenvalue weighted by atomic mass is 10.2. The van der Waals surface area contributed by atoms with Crippen LogP contribution in [0.3, 0.4) is 0 Å². The van der Waals surface area contributed by atoms with Crippen LogP contribution >= 0.6 is 24.0 Å². The number of hydrogen-bond acceptors (Lipinski definition) is 6. The Kier molecular flexibility index (Phi) is 5.33. The quantitative estimate of drug-likeness (QED) is 0.362. The summed E-state index contributed by atoms with van der Waals surface area (Å²) in [6, 6.07) is 12.7. The molecule has 1 N–H and O–H groups in total. The number of amides is 2. The van der Waals surface area contributed by atoms with E-state index in [0.29, 0.717) is 26.2 Å². The molecule has 1 saturated heterocycles. The fourth-order valence-electron chi connectivity index (χ4n) is 2.43. The van der Waals surface area contributed by atoms with Gasteiger partial charge in [-0.15, -0.1) is 0 Å². The highest BCUT2D eigenvalue weighted by Gasteiger charge is 2.33. The van der Waals surface area contributed by atoms with Gasteiger partial charge < -0.3 is 5.32 Å². The number of non-ortho nitro benzene ring substituents is 1. The molecule has 3 rings (SSSR count). The van der Waals surface area contributed by atoms with Crippen molar-refractivity contribution in [3.63, 3.8) is 0 Å². The molecule has 0 atom stereocenters. The van der Waals surface area contributed by atoms with Crippen LogP contribution in [0.15, 0.2) is 53.4 Å². The summed E-state index contributed by atoms with van der Waals surface area (Å²) in [6.45, 7) is 1.42. The SMILES string of the molecule is CC(=O)Nc1ccc(N2C(=O)/C(=C\c3ccc([N+](=O)[O-])cc3)SC2=S)cc1. The van der Waals surface area contributed by atoms with Gasteiger partial charge in [0.2, 0.25) is 5.91 Å². The molecule has 27 heavy (non-hydrogen) atoms. The number of thioether (sulfide) groups is 1. The molecule has 1 heterocycles. The van der Waals surface area contributed by atoms with Crippen molar-refractivity contribution < 1.29 is 14.5 Å². The third-order valence-corrected chi connectivity index (χ3v) is 4.94. The van der Waals surface area contributed by atoms with Gasteiger partial charge >= 0.3 is 0 Å². The standard InChI is InChI=1S/C18H13N3O4S2/c1-11(22)19-13-4-8-14(9-5-13)20-17(23)16(27-18(20)26)10-12-2-6-15(7-3-12)21(24)25/h2-10H,1H3,(H,19,22)/b16-10+. The highest BCUT2D eigenvalue weighted by molar-refractivity contribution is 8.27. The lowest BCUT2D eigenvalue weighted by Crippen LogP contribution is -2.27. The first-order valence-electron chi connectivity index (χ1n) is 7.75. The third kappa shape index (κ3) is 4.21. The molecule has 2 aromatic rings. The third-order valence-electron chi connectivity index (χ3n) is 3.64. The summed E-state index contributed by atoms with van der Waals surface area (Å²) in [4.78, 5) is 35.9. The van der Waals surface area contributed by atoms with E-state index < -0.39 is 4.92 Å². The van der Waals surface area contributed by atoms with Crippen LogP contribution in [0.2, 0.25) is 0 Å². The van der Waals surface area contributed by atoms with Crippen LogP contribution in [0.4, 0.5) is 17.1 Å². The maximum atomic E-state index is 12.7. The summed E-state index contributed by atoms with van der Waals surface area (Å²) in [5.74, 6) is -0.449. The molecule has 1 aliphatic heterocycles. The molecule has 0 spiro atoms. The van der Waals surface area contributed by atoms with Gasteiger partial charge in [-0.1, -0.05) is 24.0 Å². The van der Waals surface area contributed by atoms with Crippen molar-refractivity contribution in [2.75, 3.05) is 10.2 Å². The number of nitro benzene ring substituents is 1. The number of benzene rings is 2. The normalized spacial score (nSPS) is 15.3. The first-order valence-corrected chi connectivity index (χ1v) is 8.98. The first kappa shape index (κ1) is 18.7. The van der Waals surface area contributed by atoms with E-state index in [2.05, 4.69) is 5.32 Å². The van der Waals surface area contributed by atoms with E-state index in [0.717, 1.165) is 11.8 Å². The van der Waals surface area contributed by atoms with E-state index in [1.54, 1.807) is 42.5 Å². The molecule has 136 valence electrons. The number of nitrogens with one attached hydrogen (secondary N) is 1. The minimum Gasteiger partial charge on any atom is -0.326 e. The van der Waals surface area contributed by atoms with E-state index in [4.69, 9.17) is 12.2 Å². The summed E-state index contributed by atoms with van der Waals surface area (Å²) < 4.78 is 0.389. The molecule has 0 unspecified atom stereocenters. The molecule has 1 fully saturated rings. The second kappa shape index (κ2) is 7.68. The molecule has 0 aromatic heterocycles. The van der Waals surface area contributed by atoms with Gasteiger partial charge in [0.25, 0.3) is 11.6 Å². The highest BCUT2D eigenvalue weighted by Crippen LogP contribution is 2.36. The monoisotopic (exact) mass is 399 g/mol. The molecule has 2 aromatic carbocycles. The molecule has 0 radical (unpaired) electrons. The predicted molar refractivity (Wildman–Crippen MR) is 109 cm³/mol. The van der Waals surface area contributed by atoms with Gasteiger partial charge in [0.05, 0.1) is 15.5 Å². The number of rotatable bonds is 4. The Morgan fingerprint density at radius 2 is 1.81 bits per heavy atom. The Morgan fingerprint density at radius 1 is 1.19 bits per heavy atom. The number of carbonyl (C=O) groups excluding carboxylic acids is 2. The van der Waals surface area contributed by atoms with Crippen molar-refractivity contribution in [2.24, 2.45) is 0 Å². The summed E-state index contributed by atoms with van der Waals surface area (Å²) in [6.07, 6.45) is 1.65. The molecule has 2 amide bonds. The van der Waals surface area contributed by atoms with Gasteiger partial charge in [-0.25, -0.2) is 0 Å². The zero-order valence-corrected chi connectivity index (χ0v) is 15.7. The number of hydrogen-bond donors (Lipinski definition) is 1. The summed E-state index contributed by atoms with van der Waals surface area (Å²) in [7, 11) is 0. The van der Waals surface area contributed by atoms with Crippen LogP contribution in [0.1, 0.15) is 12.5 Å². The van der Waals surface area contributed by atoms with Crippen molar-refractivity contribution in [3.05, 3.63) is 69.1 Å². The van der Waals surface area contributed by atoms with Gasteiger partial charge in [0, 0.05) is 24.7 Å². The summed E-state index contributed by atoms with van der Waals surface area (Å²) >= 11 is 6.48. The van der Waals surface area contributed by atoms with Crippen molar-refractivity contribution in [3.8, 4) is 0 Å². The molecular weight excluding hydrogens is 386 g/mol. The number of nitrogens with zero attached hydrogens (tertiary/aromatic N) is 2. The Balaban J connectivity index is 1.82. The Hall–Kier alpha value is -3.04. The van der Waals surface area contributed by atoms with Crippen LogP contribution in [-0.2, 0) is 9.59 Å². The Morgan fingerprint density at radius 3 is 2.37 bits per heavy atom. The van der Waals surface area contributed by atoms with Gasteiger partial charge in [-0.05, 0) is 48.0 Å². The summed E-state index contributed by atoms with van der Waals surface area (Å²) in [5.41, 5.74) is 1.87. The number of thiocarbonyl (C=S) groups is 1. The minimum atomic E-state index is -0.478. The van der Waals surface area contributed by atoms with Crippen molar-refractivity contribution >= 4 is 63.3 Å². The van der Waals surface area contributed by atoms with Crippen LogP contribution in [0.5, 0.6) is 0 Å². The maximum Gasteiger partial charge on any atom is 0.270 e. The molecule has 0 saturated carbocycles. The van der Waals surface area contributed by atoms with Gasteiger partial charge in [-0.2, -0.15) is 0 Å². The fourth-order valence-corrected chi connectivity index (χ4v) is 3.73. The van der Waals surface area contributed by atoms with Crippen molar-refractivity contribution in [1.82, 2.24) is 0 Å². The average Bonchev–Trinajstić information content (AvgIpc) is 2.89. The second-order valence-electron chi connectivity index (χ2n) is 5.59. The molecule has 9 heteroatoms. The van der Waals surface area contributed by atoms with Crippen molar-refractivity contribution in [1.29, 1.82) is 0 Å². The Bertz CT molecular complexity index is 969. The highest BCUT2D eigenvalue weighted by atomic mass is 32.2. The lowest BCUT2D eigenvalue weighted by molar-refractivity contribution is -0.384. The molecule has 0 bridgehead atoms. The second-order valence-corrected chi connectivity index (χ2v) is 7.27. The smallest absolute Gasteiger partial charge is 0.270 e. The number of anilines is 2. The molecular formula is C18H13N3O4S2. The zero-order chi connectivity index (χ0) is 19.6. The van der Waals surface area contributed by atoms with Crippen LogP contribution in [0, 0.1) is 10.1 Å². The van der Waals surface area contributed by atoms with E-state index in [9.17, 15) is 19.7 Å². The van der Waals surface area contributed by atoms with Crippen LogP contribution in [-0.4, -0.2) is 21.1 Å². The maximum absolute atomic E-state index is 12.7. The topological polar surface area (TPSA) is 92.6 Å². The fraction of sp³-hybridized carbons (Fsp3) is 0.0556. The number of carbonyl (C=O) groups is 2. The lowest BCUT2D eigenvalue weighted by Gasteiger charge is -2.15. The van der Waals surface area contributed by atoms with E-state index in [-0.39, 0.29) is 17.5 Å². The predicted octanol–water partition coefficient (Wildman–Crippen LogP) is 3.96.